The monoisotopic (exact) mass is 358 g/mol. The summed E-state index contributed by atoms with van der Waals surface area (Å²) in [5.74, 6) is 0.357. The van der Waals surface area contributed by atoms with Gasteiger partial charge in [0.25, 0.3) is 5.91 Å². The molecular weight excluding hydrogens is 336 g/mol. The van der Waals surface area contributed by atoms with Crippen LogP contribution in [0.1, 0.15) is 16.7 Å². The molecule has 0 aliphatic carbocycles. The number of carbonyl (C=O) groups is 1. The second-order valence-corrected chi connectivity index (χ2v) is 6.30. The Morgan fingerprint density at radius 2 is 1.74 bits per heavy atom. The van der Waals surface area contributed by atoms with Crippen molar-refractivity contribution in [2.75, 3.05) is 6.61 Å². The fraction of sp³-hybridized carbons (Fsp3) is 0.130. The zero-order chi connectivity index (χ0) is 19.1. The zero-order valence-corrected chi connectivity index (χ0v) is 15.5. The molecule has 0 heterocycles. The maximum absolute atomic E-state index is 12.0. The molecule has 0 bridgehead atoms. The van der Waals surface area contributed by atoms with Crippen LogP contribution < -0.4 is 10.2 Å². The summed E-state index contributed by atoms with van der Waals surface area (Å²) in [7, 11) is 0. The molecule has 0 aromatic heterocycles. The Kier molecular flexibility index (Phi) is 6.00. The van der Waals surface area contributed by atoms with E-state index in [4.69, 9.17) is 4.74 Å². The van der Waals surface area contributed by atoms with Gasteiger partial charge in [-0.25, -0.2) is 5.43 Å². The molecule has 1 N–H and O–H groups in total. The minimum absolute atomic E-state index is 0.103. The number of rotatable bonds is 6. The molecule has 3 aromatic carbocycles. The lowest BCUT2D eigenvalue weighted by Gasteiger charge is -2.11. The highest BCUT2D eigenvalue weighted by Gasteiger charge is 2.07. The first-order chi connectivity index (χ1) is 13.1. The summed E-state index contributed by atoms with van der Waals surface area (Å²) < 4.78 is 5.71. The number of hydrazone groups is 1. The first kappa shape index (κ1) is 18.4. The molecule has 0 saturated heterocycles. The molecule has 0 fully saturated rings. The van der Waals surface area contributed by atoms with E-state index in [0.29, 0.717) is 5.75 Å². The van der Waals surface area contributed by atoms with Crippen molar-refractivity contribution in [2.45, 2.75) is 13.8 Å². The van der Waals surface area contributed by atoms with E-state index in [0.717, 1.165) is 22.3 Å². The van der Waals surface area contributed by atoms with E-state index in [1.54, 1.807) is 6.21 Å². The van der Waals surface area contributed by atoms with Crippen molar-refractivity contribution < 1.29 is 9.53 Å². The third-order valence-corrected chi connectivity index (χ3v) is 4.15. The molecule has 0 saturated carbocycles. The molecule has 27 heavy (non-hydrogen) atoms. The highest BCUT2D eigenvalue weighted by atomic mass is 16.5. The molecule has 0 atom stereocenters. The van der Waals surface area contributed by atoms with E-state index >= 15 is 0 Å². The molecular formula is C23H22N2O2. The number of nitrogens with zero attached hydrogens (tertiary/aromatic N) is 1. The lowest BCUT2D eigenvalue weighted by molar-refractivity contribution is -0.123. The quantitative estimate of drug-likeness (QED) is 0.521. The predicted molar refractivity (Wildman–Crippen MR) is 109 cm³/mol. The molecule has 0 radical (unpaired) electrons. The smallest absolute Gasteiger partial charge is 0.277 e. The highest BCUT2D eigenvalue weighted by molar-refractivity contribution is 5.84. The van der Waals surface area contributed by atoms with E-state index in [9.17, 15) is 4.79 Å². The molecule has 3 rings (SSSR count). The van der Waals surface area contributed by atoms with Gasteiger partial charge in [0.05, 0.1) is 6.21 Å². The number of aryl methyl sites for hydroxylation is 2. The lowest BCUT2D eigenvalue weighted by Crippen LogP contribution is -2.24. The molecule has 136 valence electrons. The largest absolute Gasteiger partial charge is 0.483 e. The van der Waals surface area contributed by atoms with Crippen molar-refractivity contribution in [3.63, 3.8) is 0 Å². The third-order valence-electron chi connectivity index (χ3n) is 4.15. The third kappa shape index (κ3) is 5.05. The van der Waals surface area contributed by atoms with Gasteiger partial charge in [-0.15, -0.1) is 0 Å². The topological polar surface area (TPSA) is 50.7 Å². The van der Waals surface area contributed by atoms with Crippen molar-refractivity contribution in [1.29, 1.82) is 0 Å². The Morgan fingerprint density at radius 3 is 2.52 bits per heavy atom. The first-order valence-electron chi connectivity index (χ1n) is 8.80. The fourth-order valence-corrected chi connectivity index (χ4v) is 2.77. The maximum Gasteiger partial charge on any atom is 0.277 e. The van der Waals surface area contributed by atoms with Gasteiger partial charge < -0.3 is 4.74 Å². The van der Waals surface area contributed by atoms with Crippen molar-refractivity contribution in [3.8, 4) is 16.9 Å². The van der Waals surface area contributed by atoms with Crippen LogP contribution in [0.15, 0.2) is 77.9 Å². The Balaban J connectivity index is 1.59. The van der Waals surface area contributed by atoms with E-state index in [1.807, 2.05) is 80.6 Å². The summed E-state index contributed by atoms with van der Waals surface area (Å²) >= 11 is 0. The minimum atomic E-state index is -0.307. The van der Waals surface area contributed by atoms with Gasteiger partial charge in [-0.2, -0.15) is 5.10 Å². The van der Waals surface area contributed by atoms with Crippen LogP contribution >= 0.6 is 0 Å². The van der Waals surface area contributed by atoms with Crippen molar-refractivity contribution in [3.05, 3.63) is 89.5 Å². The average molecular weight is 358 g/mol. The van der Waals surface area contributed by atoms with Gasteiger partial charge >= 0.3 is 0 Å². The standard InChI is InChI=1S/C23H22N2O2/c1-17-12-13-20(18(2)14-17)15-24-25-23(26)16-27-22-11-7-6-10-21(22)19-8-4-3-5-9-19/h3-15H,16H2,1-2H3,(H,25,26)/b24-15+. The number of hydrogen-bond donors (Lipinski definition) is 1. The van der Waals surface area contributed by atoms with E-state index in [-0.39, 0.29) is 12.5 Å². The second kappa shape index (κ2) is 8.81. The van der Waals surface area contributed by atoms with Crippen LogP contribution in [-0.2, 0) is 4.79 Å². The SMILES string of the molecule is Cc1ccc(/C=N/NC(=O)COc2ccccc2-c2ccccc2)c(C)c1. The molecule has 0 aliphatic rings. The number of benzene rings is 3. The summed E-state index contributed by atoms with van der Waals surface area (Å²) in [6.07, 6.45) is 1.64. The molecule has 3 aromatic rings. The molecule has 0 unspecified atom stereocenters. The van der Waals surface area contributed by atoms with Gasteiger partial charge in [-0.05, 0) is 36.6 Å². The molecule has 0 aliphatic heterocycles. The summed E-state index contributed by atoms with van der Waals surface area (Å²) in [6, 6.07) is 23.7. The number of ether oxygens (including phenoxy) is 1. The van der Waals surface area contributed by atoms with E-state index < -0.39 is 0 Å². The van der Waals surface area contributed by atoms with Gasteiger partial charge in [0.1, 0.15) is 5.75 Å². The Bertz CT molecular complexity index is 950. The van der Waals surface area contributed by atoms with Crippen LogP contribution in [0.2, 0.25) is 0 Å². The number of carbonyl (C=O) groups excluding carboxylic acids is 1. The predicted octanol–water partition coefficient (Wildman–Crippen LogP) is 4.50. The molecule has 1 amide bonds. The summed E-state index contributed by atoms with van der Waals surface area (Å²) in [4.78, 5) is 12.0. The lowest BCUT2D eigenvalue weighted by atomic mass is 10.1. The van der Waals surface area contributed by atoms with Crippen molar-refractivity contribution in [2.24, 2.45) is 5.10 Å². The Morgan fingerprint density at radius 1 is 1.00 bits per heavy atom. The van der Waals surface area contributed by atoms with Crippen LogP contribution in [0, 0.1) is 13.8 Å². The van der Waals surface area contributed by atoms with Crippen LogP contribution in [0.25, 0.3) is 11.1 Å². The highest BCUT2D eigenvalue weighted by Crippen LogP contribution is 2.29. The number of amides is 1. The number of nitrogens with one attached hydrogen (secondary N) is 1. The average Bonchev–Trinajstić information content (AvgIpc) is 2.69. The molecule has 4 nitrogen and oxygen atoms in total. The molecule has 4 heteroatoms. The normalized spacial score (nSPS) is 10.7. The van der Waals surface area contributed by atoms with Crippen molar-refractivity contribution in [1.82, 2.24) is 5.43 Å². The zero-order valence-electron chi connectivity index (χ0n) is 15.5. The van der Waals surface area contributed by atoms with Crippen molar-refractivity contribution >= 4 is 12.1 Å². The fourth-order valence-electron chi connectivity index (χ4n) is 2.77. The van der Waals surface area contributed by atoms with Gasteiger partial charge in [0, 0.05) is 5.56 Å². The van der Waals surface area contributed by atoms with Gasteiger partial charge in [-0.3, -0.25) is 4.79 Å². The Hall–Kier alpha value is -3.40. The maximum atomic E-state index is 12.0. The number of hydrogen-bond acceptors (Lipinski definition) is 3. The van der Waals surface area contributed by atoms with E-state index in [2.05, 4.69) is 16.6 Å². The van der Waals surface area contributed by atoms with Crippen LogP contribution in [0.3, 0.4) is 0 Å². The van der Waals surface area contributed by atoms with Crippen LogP contribution in [-0.4, -0.2) is 18.7 Å². The summed E-state index contributed by atoms with van der Waals surface area (Å²) in [5, 5.41) is 4.02. The summed E-state index contributed by atoms with van der Waals surface area (Å²) in [6.45, 7) is 3.95. The Labute approximate surface area is 159 Å². The number of para-hydroxylation sites is 1. The van der Waals surface area contributed by atoms with E-state index in [1.165, 1.54) is 5.56 Å². The summed E-state index contributed by atoms with van der Waals surface area (Å²) in [5.41, 5.74) is 7.77. The minimum Gasteiger partial charge on any atom is -0.483 e. The molecule has 0 spiro atoms. The van der Waals surface area contributed by atoms with Gasteiger partial charge in [-0.1, -0.05) is 72.3 Å². The second-order valence-electron chi connectivity index (χ2n) is 6.30. The van der Waals surface area contributed by atoms with Crippen LogP contribution in [0.4, 0.5) is 0 Å². The van der Waals surface area contributed by atoms with Crippen LogP contribution in [0.5, 0.6) is 5.75 Å². The van der Waals surface area contributed by atoms with Gasteiger partial charge in [0.15, 0.2) is 6.61 Å². The van der Waals surface area contributed by atoms with Gasteiger partial charge in [0.2, 0.25) is 0 Å². The first-order valence-corrected chi connectivity index (χ1v) is 8.80.